The van der Waals surface area contributed by atoms with Gasteiger partial charge in [-0.2, -0.15) is 0 Å². The average molecular weight is 169 g/mol. The number of nitrogens with zero attached hydrogens (tertiary/aromatic N) is 1. The van der Waals surface area contributed by atoms with Gasteiger partial charge in [0.2, 0.25) is 0 Å². The minimum Gasteiger partial charge on any atom is -0.256 e. The van der Waals surface area contributed by atoms with E-state index >= 15 is 0 Å². The quantitative estimate of drug-likeness (QED) is 0.581. The molecule has 1 heterocycles. The van der Waals surface area contributed by atoms with E-state index in [0.29, 0.717) is 0 Å². The minimum absolute atomic E-state index is 1.03. The molecule has 0 atom stereocenters. The number of pyridine rings is 1. The molecule has 1 aromatic heterocycles. The fourth-order valence-corrected chi connectivity index (χ4v) is 1.31. The zero-order valence-corrected chi connectivity index (χ0v) is 7.57. The Balaban J connectivity index is 2.56. The molecule has 0 saturated heterocycles. The molecule has 0 bridgehead atoms. The second-order valence-corrected chi connectivity index (χ2v) is 3.09. The zero-order valence-electron chi connectivity index (χ0n) is 7.57. The summed E-state index contributed by atoms with van der Waals surface area (Å²) in [6, 6.07) is 2.14. The third kappa shape index (κ3) is 1.75. The smallest absolute Gasteiger partial charge is 0.0702 e. The molecule has 0 saturated carbocycles. The van der Waals surface area contributed by atoms with E-state index in [9.17, 15) is 0 Å². The van der Waals surface area contributed by atoms with Crippen LogP contribution in [0.1, 0.15) is 16.8 Å². The van der Waals surface area contributed by atoms with Crippen molar-refractivity contribution >= 4 is 12.2 Å². The van der Waals surface area contributed by atoms with E-state index in [0.717, 1.165) is 5.69 Å². The lowest BCUT2D eigenvalue weighted by molar-refractivity contribution is 1.23. The van der Waals surface area contributed by atoms with Gasteiger partial charge in [0, 0.05) is 11.8 Å². The Morgan fingerprint density at radius 2 is 1.77 bits per heavy atom. The number of allylic oxidation sites excluding steroid dienone is 4. The predicted molar refractivity (Wildman–Crippen MR) is 56.2 cm³/mol. The van der Waals surface area contributed by atoms with Crippen LogP contribution in [0.4, 0.5) is 0 Å². The van der Waals surface area contributed by atoms with E-state index < -0.39 is 0 Å². The number of aryl methyl sites for hydroxylation is 1. The van der Waals surface area contributed by atoms with Crippen molar-refractivity contribution in [3.63, 3.8) is 0 Å². The molecule has 0 amide bonds. The van der Waals surface area contributed by atoms with Crippen LogP contribution in [0.15, 0.2) is 36.6 Å². The van der Waals surface area contributed by atoms with Crippen molar-refractivity contribution in [1.82, 2.24) is 4.98 Å². The second kappa shape index (κ2) is 3.40. The maximum absolute atomic E-state index is 4.35. The third-order valence-electron chi connectivity index (χ3n) is 1.95. The molecule has 64 valence electrons. The van der Waals surface area contributed by atoms with Gasteiger partial charge in [0.05, 0.1) is 5.69 Å². The van der Waals surface area contributed by atoms with Gasteiger partial charge in [-0.3, -0.25) is 4.98 Å². The topological polar surface area (TPSA) is 12.9 Å². The highest BCUT2D eigenvalue weighted by Crippen LogP contribution is 2.13. The highest BCUT2D eigenvalue weighted by Gasteiger charge is 1.97. The Morgan fingerprint density at radius 3 is 2.62 bits per heavy atom. The molecule has 2 rings (SSSR count). The van der Waals surface area contributed by atoms with Crippen LogP contribution in [0.2, 0.25) is 0 Å². The number of hydrogen-bond donors (Lipinski definition) is 0. The average Bonchev–Trinajstić information content (AvgIpc) is 2.08. The van der Waals surface area contributed by atoms with Gasteiger partial charge in [-0.1, -0.05) is 30.4 Å². The van der Waals surface area contributed by atoms with Crippen LogP contribution in [0.5, 0.6) is 0 Å². The highest BCUT2D eigenvalue weighted by molar-refractivity contribution is 5.65. The van der Waals surface area contributed by atoms with Crippen molar-refractivity contribution in [2.45, 2.75) is 6.92 Å². The fraction of sp³-hybridized carbons (Fsp3) is 0.0833. The lowest BCUT2D eigenvalue weighted by Crippen LogP contribution is -1.88. The van der Waals surface area contributed by atoms with E-state index in [4.69, 9.17) is 0 Å². The summed E-state index contributed by atoms with van der Waals surface area (Å²) in [5.41, 5.74) is 3.41. The summed E-state index contributed by atoms with van der Waals surface area (Å²) < 4.78 is 0. The molecule has 0 radical (unpaired) electrons. The van der Waals surface area contributed by atoms with Crippen molar-refractivity contribution in [3.8, 4) is 0 Å². The molecule has 1 aromatic rings. The number of fused-ring (bicyclic) bond motifs is 1. The molecule has 0 N–H and O–H groups in total. The van der Waals surface area contributed by atoms with Gasteiger partial charge in [0.25, 0.3) is 0 Å². The van der Waals surface area contributed by atoms with E-state index in [1.165, 1.54) is 11.1 Å². The lowest BCUT2D eigenvalue weighted by Gasteiger charge is -2.02. The zero-order chi connectivity index (χ0) is 9.10. The standard InChI is InChI=1S/C12H11N/c1-10-8-11-6-4-2-3-5-7-12(11)13-9-10/h2-9H,1H3/b3-2-,4-2?,5-3?,6-4-,7-5-,11-6?,12-7?. The van der Waals surface area contributed by atoms with Crippen LogP contribution in [-0.4, -0.2) is 4.98 Å². The number of aromatic nitrogens is 1. The van der Waals surface area contributed by atoms with Crippen LogP contribution in [0.25, 0.3) is 12.2 Å². The SMILES string of the molecule is Cc1cnc2c(c1)\C=C/C=C\C=C/2. The summed E-state index contributed by atoms with van der Waals surface area (Å²) in [6.45, 7) is 2.06. The Morgan fingerprint density at radius 1 is 1.00 bits per heavy atom. The molecule has 1 aliphatic carbocycles. The van der Waals surface area contributed by atoms with Gasteiger partial charge >= 0.3 is 0 Å². The van der Waals surface area contributed by atoms with Crippen molar-refractivity contribution < 1.29 is 0 Å². The number of rotatable bonds is 0. The summed E-state index contributed by atoms with van der Waals surface area (Å²) in [6.07, 6.45) is 14.0. The summed E-state index contributed by atoms with van der Waals surface area (Å²) in [4.78, 5) is 4.35. The molecule has 13 heavy (non-hydrogen) atoms. The lowest BCUT2D eigenvalue weighted by atomic mass is 10.1. The van der Waals surface area contributed by atoms with Crippen molar-refractivity contribution in [3.05, 3.63) is 53.4 Å². The van der Waals surface area contributed by atoms with Crippen molar-refractivity contribution in [2.24, 2.45) is 0 Å². The first-order chi connectivity index (χ1) is 6.36. The normalized spacial score (nSPS) is 21.0. The molecule has 0 aliphatic heterocycles. The Labute approximate surface area is 78.1 Å². The van der Waals surface area contributed by atoms with Crippen LogP contribution >= 0.6 is 0 Å². The monoisotopic (exact) mass is 169 g/mol. The van der Waals surface area contributed by atoms with E-state index in [1.54, 1.807) is 0 Å². The van der Waals surface area contributed by atoms with Gasteiger partial charge in [-0.15, -0.1) is 0 Å². The van der Waals surface area contributed by atoms with Gasteiger partial charge in [-0.25, -0.2) is 0 Å². The number of hydrogen-bond acceptors (Lipinski definition) is 1. The first-order valence-electron chi connectivity index (χ1n) is 4.34. The fourth-order valence-electron chi connectivity index (χ4n) is 1.31. The molecule has 0 unspecified atom stereocenters. The minimum atomic E-state index is 1.03. The maximum atomic E-state index is 4.35. The molecule has 0 fully saturated rings. The van der Waals surface area contributed by atoms with E-state index in [1.807, 2.05) is 36.6 Å². The third-order valence-corrected chi connectivity index (χ3v) is 1.95. The van der Waals surface area contributed by atoms with E-state index in [2.05, 4.69) is 24.1 Å². The molecular weight excluding hydrogens is 158 g/mol. The van der Waals surface area contributed by atoms with Crippen LogP contribution in [0, 0.1) is 6.92 Å². The van der Waals surface area contributed by atoms with Gasteiger partial charge in [0.15, 0.2) is 0 Å². The van der Waals surface area contributed by atoms with Gasteiger partial charge in [0.1, 0.15) is 0 Å². The predicted octanol–water partition coefficient (Wildman–Crippen LogP) is 2.99. The highest BCUT2D eigenvalue weighted by atomic mass is 14.7. The molecule has 0 aromatic carbocycles. The molecule has 1 aliphatic rings. The van der Waals surface area contributed by atoms with Crippen molar-refractivity contribution in [1.29, 1.82) is 0 Å². The maximum Gasteiger partial charge on any atom is 0.0702 e. The van der Waals surface area contributed by atoms with Crippen molar-refractivity contribution in [2.75, 3.05) is 0 Å². The van der Waals surface area contributed by atoms with Crippen LogP contribution in [0.3, 0.4) is 0 Å². The summed E-state index contributed by atoms with van der Waals surface area (Å²) >= 11 is 0. The van der Waals surface area contributed by atoms with Gasteiger partial charge < -0.3 is 0 Å². The first-order valence-corrected chi connectivity index (χ1v) is 4.34. The molecular formula is C12H11N. The Hall–Kier alpha value is -1.63. The first kappa shape index (κ1) is 7.99. The van der Waals surface area contributed by atoms with Crippen LogP contribution in [-0.2, 0) is 0 Å². The summed E-state index contributed by atoms with van der Waals surface area (Å²) in [7, 11) is 0. The van der Waals surface area contributed by atoms with Gasteiger partial charge in [-0.05, 0) is 24.6 Å². The summed E-state index contributed by atoms with van der Waals surface area (Å²) in [5.74, 6) is 0. The Kier molecular flexibility index (Phi) is 2.09. The molecule has 1 heteroatoms. The molecule has 0 spiro atoms. The Bertz CT molecular complexity index is 398. The summed E-state index contributed by atoms with van der Waals surface area (Å²) in [5, 5.41) is 0. The second-order valence-electron chi connectivity index (χ2n) is 3.09. The largest absolute Gasteiger partial charge is 0.256 e. The van der Waals surface area contributed by atoms with Crippen LogP contribution < -0.4 is 0 Å². The van der Waals surface area contributed by atoms with E-state index in [-0.39, 0.29) is 0 Å². The molecule has 1 nitrogen and oxygen atoms in total.